The quantitative estimate of drug-likeness (QED) is 0.127. The summed E-state index contributed by atoms with van der Waals surface area (Å²) >= 11 is 0. The zero-order valence-electron chi connectivity index (χ0n) is 34.3. The van der Waals surface area contributed by atoms with Gasteiger partial charge in [0.05, 0.1) is 5.69 Å². The first kappa shape index (κ1) is 39.2. The molecule has 0 fully saturated rings. The maximum absolute atomic E-state index is 6.70. The van der Waals surface area contributed by atoms with E-state index in [0.29, 0.717) is 11.5 Å². The van der Waals surface area contributed by atoms with E-state index in [0.717, 1.165) is 56.6 Å². The van der Waals surface area contributed by atoms with E-state index in [4.69, 9.17) is 9.72 Å². The minimum Gasteiger partial charge on any atom is -0.509 e. The Morgan fingerprint density at radius 2 is 1.19 bits per heavy atom. The molecule has 0 atom stereocenters. The summed E-state index contributed by atoms with van der Waals surface area (Å²) in [5, 5.41) is 0. The molecule has 6 aromatic carbocycles. The minimum absolute atomic E-state index is 0. The summed E-state index contributed by atoms with van der Waals surface area (Å²) in [6.07, 6.45) is 1.92. The maximum atomic E-state index is 6.70. The second kappa shape index (κ2) is 14.9. The van der Waals surface area contributed by atoms with Crippen molar-refractivity contribution in [1.29, 1.82) is 0 Å². The SMILES string of the molecule is Cc1cc2c(cc1C)N(c1cc(C(C)(C)C)ccn1)c1[c-]c(Oc3[c-]c(N4[CH-]N(c5ccc(C(C)(C)C)cc5)c5ccccc54)ccc3)ccc1-c1ccccc1-2.[Pd]. The van der Waals surface area contributed by atoms with Crippen molar-refractivity contribution in [3.63, 3.8) is 0 Å². The van der Waals surface area contributed by atoms with Gasteiger partial charge in [-0.3, -0.25) is 0 Å². The molecule has 3 heterocycles. The Bertz CT molecular complexity index is 2650. The van der Waals surface area contributed by atoms with Crippen LogP contribution in [0.1, 0.15) is 63.8 Å². The third-order valence-corrected chi connectivity index (χ3v) is 11.2. The first-order valence-electron chi connectivity index (χ1n) is 19.7. The third-order valence-electron chi connectivity index (χ3n) is 11.2. The predicted octanol–water partition coefficient (Wildman–Crippen LogP) is 14.2. The fourth-order valence-electron chi connectivity index (χ4n) is 7.82. The molecule has 294 valence electrons. The molecule has 0 radical (unpaired) electrons. The van der Waals surface area contributed by atoms with Crippen LogP contribution in [-0.4, -0.2) is 4.98 Å². The number of aromatic nitrogens is 1. The number of para-hydroxylation sites is 2. The molecule has 0 amide bonds. The van der Waals surface area contributed by atoms with Crippen molar-refractivity contribution < 1.29 is 25.2 Å². The van der Waals surface area contributed by atoms with Gasteiger partial charge in [0.1, 0.15) is 5.82 Å². The molecular weight excluding hydrogens is 803 g/mol. The molecular formula is C52H47N4OPd-3. The maximum Gasteiger partial charge on any atom is 0.135 e. The van der Waals surface area contributed by atoms with E-state index in [-0.39, 0.29) is 31.3 Å². The van der Waals surface area contributed by atoms with Crippen molar-refractivity contribution >= 4 is 39.9 Å². The Kier molecular flexibility index (Phi) is 10.1. The Hall–Kier alpha value is -5.67. The van der Waals surface area contributed by atoms with Crippen LogP contribution in [0.15, 0.2) is 134 Å². The van der Waals surface area contributed by atoms with Crippen molar-refractivity contribution in [3.05, 3.63) is 175 Å². The van der Waals surface area contributed by atoms with E-state index >= 15 is 0 Å². The number of fused-ring (bicyclic) bond motifs is 6. The molecule has 6 heteroatoms. The van der Waals surface area contributed by atoms with Gasteiger partial charge in [-0.05, 0) is 101 Å². The molecule has 2 aliphatic rings. The number of pyridine rings is 1. The van der Waals surface area contributed by atoms with Gasteiger partial charge in [-0.2, -0.15) is 12.1 Å². The molecule has 0 aliphatic carbocycles. The molecule has 0 saturated carbocycles. The van der Waals surface area contributed by atoms with E-state index in [2.05, 4.69) is 198 Å². The van der Waals surface area contributed by atoms with Gasteiger partial charge in [-0.15, -0.1) is 48.3 Å². The smallest absolute Gasteiger partial charge is 0.135 e. The molecule has 0 bridgehead atoms. The second-order valence-corrected chi connectivity index (χ2v) is 17.2. The van der Waals surface area contributed by atoms with Gasteiger partial charge in [0.15, 0.2) is 0 Å². The van der Waals surface area contributed by atoms with Crippen molar-refractivity contribution in [1.82, 2.24) is 4.98 Å². The second-order valence-electron chi connectivity index (χ2n) is 17.2. The molecule has 9 rings (SSSR count). The van der Waals surface area contributed by atoms with Gasteiger partial charge in [0.25, 0.3) is 0 Å². The number of benzene rings is 6. The van der Waals surface area contributed by atoms with Crippen molar-refractivity contribution in [2.24, 2.45) is 0 Å². The van der Waals surface area contributed by atoms with Crippen LogP contribution in [0.3, 0.4) is 0 Å². The van der Waals surface area contributed by atoms with Crippen LogP contribution in [0.25, 0.3) is 22.3 Å². The molecule has 0 unspecified atom stereocenters. The number of ether oxygens (including phenoxy) is 1. The largest absolute Gasteiger partial charge is 0.509 e. The van der Waals surface area contributed by atoms with Crippen LogP contribution in [0, 0.1) is 32.6 Å². The summed E-state index contributed by atoms with van der Waals surface area (Å²) in [6, 6.07) is 52.4. The van der Waals surface area contributed by atoms with Crippen molar-refractivity contribution in [3.8, 4) is 33.8 Å². The molecule has 0 saturated heterocycles. The van der Waals surface area contributed by atoms with Crippen LogP contribution in [-0.2, 0) is 31.3 Å². The molecule has 2 aliphatic heterocycles. The van der Waals surface area contributed by atoms with Crippen LogP contribution < -0.4 is 19.4 Å². The number of anilines is 7. The first-order valence-corrected chi connectivity index (χ1v) is 19.7. The van der Waals surface area contributed by atoms with E-state index in [9.17, 15) is 0 Å². The molecule has 7 aromatic rings. The zero-order valence-corrected chi connectivity index (χ0v) is 35.8. The van der Waals surface area contributed by atoms with E-state index in [1.165, 1.54) is 27.8 Å². The monoisotopic (exact) mass is 849 g/mol. The Morgan fingerprint density at radius 1 is 0.552 bits per heavy atom. The Morgan fingerprint density at radius 3 is 1.90 bits per heavy atom. The van der Waals surface area contributed by atoms with E-state index < -0.39 is 0 Å². The van der Waals surface area contributed by atoms with E-state index in [1.807, 2.05) is 24.4 Å². The number of hydrogen-bond acceptors (Lipinski definition) is 5. The fraction of sp³-hybridized carbons (Fsp3) is 0.192. The third kappa shape index (κ3) is 7.10. The summed E-state index contributed by atoms with van der Waals surface area (Å²) in [5.41, 5.74) is 15.6. The van der Waals surface area contributed by atoms with Crippen LogP contribution >= 0.6 is 0 Å². The summed E-state index contributed by atoms with van der Waals surface area (Å²) in [7, 11) is 0. The molecule has 0 N–H and O–H groups in total. The summed E-state index contributed by atoms with van der Waals surface area (Å²) in [5.74, 6) is 2.03. The Labute approximate surface area is 357 Å². The standard InChI is InChI=1S/C52H47N4O.Pd/c1-34-28-45-43-17-10-9-16-42(43)44-25-24-41(32-49(44)56(48(45)29-35(34)2)50-30-37(26-27-53-50)52(6,7)8)57-40-15-13-14-39(31-40)55-33-54(46-18-11-12-19-47(46)55)38-22-20-36(21-23-38)51(3,4)5;/h9-30,33H,1-8H3;/q-3;. The fourth-order valence-corrected chi connectivity index (χ4v) is 7.82. The van der Waals surface area contributed by atoms with Gasteiger partial charge < -0.3 is 19.4 Å². The number of nitrogens with zero attached hydrogens (tertiary/aromatic N) is 4. The van der Waals surface area contributed by atoms with Crippen LogP contribution in [0.2, 0.25) is 0 Å². The van der Waals surface area contributed by atoms with Gasteiger partial charge in [0.2, 0.25) is 0 Å². The molecule has 1 aromatic heterocycles. The number of aryl methyl sites for hydroxylation is 2. The average molecular weight is 850 g/mol. The zero-order chi connectivity index (χ0) is 39.6. The number of hydrogen-bond donors (Lipinski definition) is 0. The van der Waals surface area contributed by atoms with Gasteiger partial charge in [-0.25, -0.2) is 4.98 Å². The summed E-state index contributed by atoms with van der Waals surface area (Å²) in [6.45, 7) is 19.9. The average Bonchev–Trinajstić information content (AvgIpc) is 3.54. The summed E-state index contributed by atoms with van der Waals surface area (Å²) in [4.78, 5) is 11.7. The van der Waals surface area contributed by atoms with E-state index in [1.54, 1.807) is 0 Å². The van der Waals surface area contributed by atoms with Gasteiger partial charge in [0, 0.05) is 60.7 Å². The van der Waals surface area contributed by atoms with Gasteiger partial charge in [-0.1, -0.05) is 101 Å². The molecule has 0 spiro atoms. The number of rotatable bonds is 5. The predicted molar refractivity (Wildman–Crippen MR) is 236 cm³/mol. The molecule has 58 heavy (non-hydrogen) atoms. The first-order chi connectivity index (χ1) is 27.3. The van der Waals surface area contributed by atoms with Crippen LogP contribution in [0.5, 0.6) is 11.5 Å². The minimum atomic E-state index is -0.0575. The van der Waals surface area contributed by atoms with Crippen molar-refractivity contribution in [2.45, 2.75) is 66.2 Å². The topological polar surface area (TPSA) is 31.8 Å². The molecule has 5 nitrogen and oxygen atoms in total. The van der Waals surface area contributed by atoms with Crippen molar-refractivity contribution in [2.75, 3.05) is 14.7 Å². The van der Waals surface area contributed by atoms with Gasteiger partial charge >= 0.3 is 0 Å². The summed E-state index contributed by atoms with van der Waals surface area (Å²) < 4.78 is 6.70. The van der Waals surface area contributed by atoms with Crippen LogP contribution in [0.4, 0.5) is 39.9 Å². The Balaban J connectivity index is 0.00000469. The normalized spacial score (nSPS) is 13.2.